The van der Waals surface area contributed by atoms with Gasteiger partial charge in [0.2, 0.25) is 11.8 Å². The first-order valence-corrected chi connectivity index (χ1v) is 10.1. The van der Waals surface area contributed by atoms with Gasteiger partial charge < -0.3 is 19.7 Å². The van der Waals surface area contributed by atoms with Crippen LogP contribution in [0.2, 0.25) is 0 Å². The van der Waals surface area contributed by atoms with Gasteiger partial charge in [0.1, 0.15) is 17.2 Å². The Kier molecular flexibility index (Phi) is 5.89. The highest BCUT2D eigenvalue weighted by atomic mass is 16.5. The molecule has 0 unspecified atom stereocenters. The number of hydrogen-bond donors (Lipinski definition) is 1. The Morgan fingerprint density at radius 3 is 2.45 bits per heavy atom. The molecule has 6 heteroatoms. The number of ether oxygens (including phenoxy) is 2. The summed E-state index contributed by atoms with van der Waals surface area (Å²) in [6, 6.07) is 22.3. The molecule has 0 radical (unpaired) electrons. The minimum absolute atomic E-state index is 0.0738. The van der Waals surface area contributed by atoms with Crippen molar-refractivity contribution in [3.05, 3.63) is 78.4 Å². The molecule has 1 N–H and O–H groups in total. The SMILES string of the molecule is COc1cccc(N2C[C@H](C(=O)Nc3ccc(Oc4cccc(C)c4)cc3)CC2=O)c1. The summed E-state index contributed by atoms with van der Waals surface area (Å²) >= 11 is 0. The first-order chi connectivity index (χ1) is 15.0. The summed E-state index contributed by atoms with van der Waals surface area (Å²) in [5, 5.41) is 2.90. The molecule has 3 aromatic carbocycles. The van der Waals surface area contributed by atoms with Crippen LogP contribution in [0.3, 0.4) is 0 Å². The summed E-state index contributed by atoms with van der Waals surface area (Å²) in [5.74, 6) is 1.46. The zero-order valence-corrected chi connectivity index (χ0v) is 17.5. The second-order valence-corrected chi connectivity index (χ2v) is 7.54. The zero-order chi connectivity index (χ0) is 21.8. The van der Waals surface area contributed by atoms with Crippen LogP contribution in [0.15, 0.2) is 72.8 Å². The monoisotopic (exact) mass is 416 g/mol. The lowest BCUT2D eigenvalue weighted by Crippen LogP contribution is -2.28. The molecular formula is C25H24N2O4. The van der Waals surface area contributed by atoms with Gasteiger partial charge in [-0.05, 0) is 61.0 Å². The number of nitrogens with zero attached hydrogens (tertiary/aromatic N) is 1. The van der Waals surface area contributed by atoms with Crippen molar-refractivity contribution >= 4 is 23.2 Å². The fraction of sp³-hybridized carbons (Fsp3) is 0.200. The maximum atomic E-state index is 12.7. The average Bonchev–Trinajstić information content (AvgIpc) is 3.17. The third-order valence-corrected chi connectivity index (χ3v) is 5.21. The van der Waals surface area contributed by atoms with Gasteiger partial charge in [0, 0.05) is 30.4 Å². The van der Waals surface area contributed by atoms with Crippen molar-refractivity contribution in [1.29, 1.82) is 0 Å². The van der Waals surface area contributed by atoms with Crippen LogP contribution in [0, 0.1) is 12.8 Å². The zero-order valence-electron chi connectivity index (χ0n) is 17.5. The Morgan fingerprint density at radius 2 is 1.71 bits per heavy atom. The molecule has 158 valence electrons. The number of hydrogen-bond acceptors (Lipinski definition) is 4. The first-order valence-electron chi connectivity index (χ1n) is 10.1. The van der Waals surface area contributed by atoms with E-state index in [0.717, 1.165) is 17.0 Å². The summed E-state index contributed by atoms with van der Waals surface area (Å²) in [4.78, 5) is 26.8. The van der Waals surface area contributed by atoms with Crippen LogP contribution in [-0.2, 0) is 9.59 Å². The molecule has 1 aliphatic heterocycles. The molecule has 0 aromatic heterocycles. The van der Waals surface area contributed by atoms with E-state index in [-0.39, 0.29) is 18.2 Å². The van der Waals surface area contributed by atoms with E-state index in [1.54, 1.807) is 42.3 Å². The number of anilines is 2. The van der Waals surface area contributed by atoms with Gasteiger partial charge in [-0.2, -0.15) is 0 Å². The molecule has 3 aromatic rings. The van der Waals surface area contributed by atoms with Crippen LogP contribution < -0.4 is 19.7 Å². The molecular weight excluding hydrogens is 392 g/mol. The van der Waals surface area contributed by atoms with Gasteiger partial charge in [-0.1, -0.05) is 18.2 Å². The molecule has 2 amide bonds. The van der Waals surface area contributed by atoms with E-state index in [9.17, 15) is 9.59 Å². The number of aryl methyl sites for hydroxylation is 1. The van der Waals surface area contributed by atoms with E-state index in [4.69, 9.17) is 9.47 Å². The van der Waals surface area contributed by atoms with Crippen LogP contribution in [-0.4, -0.2) is 25.5 Å². The number of rotatable bonds is 6. The average molecular weight is 416 g/mol. The largest absolute Gasteiger partial charge is 0.497 e. The van der Waals surface area contributed by atoms with E-state index >= 15 is 0 Å². The van der Waals surface area contributed by atoms with Crippen molar-refractivity contribution in [2.45, 2.75) is 13.3 Å². The molecule has 31 heavy (non-hydrogen) atoms. The molecule has 1 atom stereocenters. The molecule has 0 saturated carbocycles. The Labute approximate surface area is 181 Å². The van der Waals surface area contributed by atoms with Crippen molar-refractivity contribution in [2.75, 3.05) is 23.9 Å². The molecule has 1 aliphatic rings. The van der Waals surface area contributed by atoms with Gasteiger partial charge >= 0.3 is 0 Å². The topological polar surface area (TPSA) is 67.9 Å². The second kappa shape index (κ2) is 8.92. The van der Waals surface area contributed by atoms with Crippen LogP contribution >= 0.6 is 0 Å². The number of methoxy groups -OCH3 is 1. The third kappa shape index (κ3) is 4.86. The molecule has 1 saturated heterocycles. The Morgan fingerprint density at radius 1 is 0.968 bits per heavy atom. The maximum absolute atomic E-state index is 12.7. The molecule has 0 bridgehead atoms. The summed E-state index contributed by atoms with van der Waals surface area (Å²) in [5.41, 5.74) is 2.52. The second-order valence-electron chi connectivity index (χ2n) is 7.54. The first kappa shape index (κ1) is 20.5. The lowest BCUT2D eigenvalue weighted by Gasteiger charge is -2.17. The summed E-state index contributed by atoms with van der Waals surface area (Å²) in [6.45, 7) is 2.35. The smallest absolute Gasteiger partial charge is 0.229 e. The Balaban J connectivity index is 1.37. The van der Waals surface area contributed by atoms with Gasteiger partial charge in [-0.25, -0.2) is 0 Å². The quantitative estimate of drug-likeness (QED) is 0.628. The van der Waals surface area contributed by atoms with E-state index < -0.39 is 5.92 Å². The highest BCUT2D eigenvalue weighted by molar-refractivity contribution is 6.03. The molecule has 4 rings (SSSR count). The van der Waals surface area contributed by atoms with Crippen LogP contribution in [0.1, 0.15) is 12.0 Å². The highest BCUT2D eigenvalue weighted by Gasteiger charge is 2.35. The van der Waals surface area contributed by atoms with E-state index in [1.807, 2.05) is 49.4 Å². The van der Waals surface area contributed by atoms with Crippen LogP contribution in [0.5, 0.6) is 17.2 Å². The summed E-state index contributed by atoms with van der Waals surface area (Å²) < 4.78 is 11.1. The fourth-order valence-electron chi connectivity index (χ4n) is 3.58. The van der Waals surface area contributed by atoms with Gasteiger partial charge in [0.15, 0.2) is 0 Å². The van der Waals surface area contributed by atoms with Crippen molar-refractivity contribution in [2.24, 2.45) is 5.92 Å². The summed E-state index contributed by atoms with van der Waals surface area (Å²) in [6.07, 6.45) is 0.178. The van der Waals surface area contributed by atoms with E-state index in [1.165, 1.54) is 0 Å². The number of benzene rings is 3. The standard InChI is InChI=1S/C25H24N2O4/c1-17-5-3-8-23(13-17)31-21-11-9-19(10-12-21)26-25(29)18-14-24(28)27(16-18)20-6-4-7-22(15-20)30-2/h3-13,15,18H,14,16H2,1-2H3,(H,26,29)/t18-/m1/s1. The number of nitrogens with one attached hydrogen (secondary N) is 1. The number of carbonyl (C=O) groups is 2. The van der Waals surface area contributed by atoms with Crippen molar-refractivity contribution in [3.8, 4) is 17.2 Å². The van der Waals surface area contributed by atoms with Gasteiger partial charge in [0.05, 0.1) is 13.0 Å². The molecule has 0 spiro atoms. The van der Waals surface area contributed by atoms with E-state index in [0.29, 0.717) is 23.7 Å². The van der Waals surface area contributed by atoms with Gasteiger partial charge in [0.25, 0.3) is 0 Å². The van der Waals surface area contributed by atoms with E-state index in [2.05, 4.69) is 5.32 Å². The molecule has 0 aliphatic carbocycles. The third-order valence-electron chi connectivity index (χ3n) is 5.21. The van der Waals surface area contributed by atoms with Crippen LogP contribution in [0.25, 0.3) is 0 Å². The van der Waals surface area contributed by atoms with Gasteiger partial charge in [-0.3, -0.25) is 9.59 Å². The van der Waals surface area contributed by atoms with Crippen molar-refractivity contribution < 1.29 is 19.1 Å². The molecule has 1 fully saturated rings. The maximum Gasteiger partial charge on any atom is 0.229 e. The number of amides is 2. The molecule has 1 heterocycles. The highest BCUT2D eigenvalue weighted by Crippen LogP contribution is 2.29. The predicted octanol–water partition coefficient (Wildman–Crippen LogP) is 4.79. The normalized spacial score (nSPS) is 15.6. The minimum atomic E-state index is -0.415. The fourth-order valence-corrected chi connectivity index (χ4v) is 3.58. The van der Waals surface area contributed by atoms with Crippen LogP contribution in [0.4, 0.5) is 11.4 Å². The lowest BCUT2D eigenvalue weighted by atomic mass is 10.1. The summed E-state index contributed by atoms with van der Waals surface area (Å²) in [7, 11) is 1.58. The lowest BCUT2D eigenvalue weighted by molar-refractivity contribution is -0.122. The van der Waals surface area contributed by atoms with Crippen molar-refractivity contribution in [3.63, 3.8) is 0 Å². The minimum Gasteiger partial charge on any atom is -0.497 e. The number of carbonyl (C=O) groups excluding carboxylic acids is 2. The van der Waals surface area contributed by atoms with Gasteiger partial charge in [-0.15, -0.1) is 0 Å². The Bertz CT molecular complexity index is 1090. The predicted molar refractivity (Wildman–Crippen MR) is 120 cm³/mol. The Hall–Kier alpha value is -3.80. The van der Waals surface area contributed by atoms with Crippen molar-refractivity contribution in [1.82, 2.24) is 0 Å². The molecule has 6 nitrogen and oxygen atoms in total.